The molecule has 0 fully saturated rings. The van der Waals surface area contributed by atoms with E-state index in [1.807, 2.05) is 6.92 Å². The summed E-state index contributed by atoms with van der Waals surface area (Å²) in [5.41, 5.74) is 6.80. The Labute approximate surface area is 109 Å². The molecule has 1 rings (SSSR count). The lowest BCUT2D eigenvalue weighted by atomic mass is 10.2. The summed E-state index contributed by atoms with van der Waals surface area (Å²) >= 11 is 0. The van der Waals surface area contributed by atoms with Gasteiger partial charge in [0.15, 0.2) is 0 Å². The fraction of sp³-hybridized carbons (Fsp3) is 0.500. The van der Waals surface area contributed by atoms with Gasteiger partial charge in [-0.1, -0.05) is 6.92 Å². The molecule has 6 heteroatoms. The Morgan fingerprint density at radius 1 is 1.33 bits per heavy atom. The van der Waals surface area contributed by atoms with Crippen molar-refractivity contribution in [1.82, 2.24) is 0 Å². The Morgan fingerprint density at radius 2 is 2.00 bits per heavy atom. The lowest BCUT2D eigenvalue weighted by Gasteiger charge is -2.23. The van der Waals surface area contributed by atoms with Crippen LogP contribution in [-0.4, -0.2) is 27.8 Å². The molecule has 0 saturated heterocycles. The van der Waals surface area contributed by atoms with Crippen LogP contribution in [0.15, 0.2) is 18.2 Å². The van der Waals surface area contributed by atoms with Gasteiger partial charge >= 0.3 is 0 Å². The second kappa shape index (κ2) is 5.95. The molecular formula is C12H20N2O3S. The number of hydrogen-bond acceptors (Lipinski definition) is 4. The zero-order valence-electron chi connectivity index (χ0n) is 11.0. The number of hydrogen-bond donors (Lipinski definition) is 1. The predicted molar refractivity (Wildman–Crippen MR) is 74.5 cm³/mol. The number of nitrogens with two attached hydrogens (primary N) is 1. The molecule has 0 aliphatic heterocycles. The van der Waals surface area contributed by atoms with Crippen LogP contribution in [0.25, 0.3) is 0 Å². The van der Waals surface area contributed by atoms with Crippen molar-refractivity contribution >= 4 is 21.4 Å². The lowest BCUT2D eigenvalue weighted by Crippen LogP contribution is -2.32. The number of methoxy groups -OCH3 is 1. The monoisotopic (exact) mass is 272 g/mol. The topological polar surface area (TPSA) is 72.6 Å². The molecule has 0 aliphatic rings. The van der Waals surface area contributed by atoms with Crippen LogP contribution in [0.2, 0.25) is 0 Å². The number of benzene rings is 1. The molecule has 0 unspecified atom stereocenters. The van der Waals surface area contributed by atoms with Crippen molar-refractivity contribution in [2.75, 3.05) is 29.4 Å². The molecule has 0 bridgehead atoms. The van der Waals surface area contributed by atoms with Crippen molar-refractivity contribution in [3.8, 4) is 5.75 Å². The van der Waals surface area contributed by atoms with Crippen molar-refractivity contribution in [2.24, 2.45) is 0 Å². The first-order chi connectivity index (χ1) is 8.46. The number of ether oxygens (including phenoxy) is 1. The molecule has 0 atom stereocenters. The van der Waals surface area contributed by atoms with Gasteiger partial charge in [-0.3, -0.25) is 4.31 Å². The number of nitrogens with zero attached hydrogens (tertiary/aromatic N) is 1. The van der Waals surface area contributed by atoms with Gasteiger partial charge in [0.05, 0.1) is 24.2 Å². The van der Waals surface area contributed by atoms with Crippen LogP contribution in [0.5, 0.6) is 5.75 Å². The molecule has 5 nitrogen and oxygen atoms in total. The van der Waals surface area contributed by atoms with E-state index in [4.69, 9.17) is 10.5 Å². The molecular weight excluding hydrogens is 252 g/mol. The van der Waals surface area contributed by atoms with Crippen molar-refractivity contribution < 1.29 is 13.2 Å². The van der Waals surface area contributed by atoms with Crippen LogP contribution >= 0.6 is 0 Å². The summed E-state index contributed by atoms with van der Waals surface area (Å²) < 4.78 is 30.6. The maximum absolute atomic E-state index is 12.1. The van der Waals surface area contributed by atoms with E-state index in [1.165, 1.54) is 11.4 Å². The molecule has 0 radical (unpaired) electrons. The van der Waals surface area contributed by atoms with Gasteiger partial charge in [-0.2, -0.15) is 0 Å². The third kappa shape index (κ3) is 3.07. The van der Waals surface area contributed by atoms with E-state index in [0.29, 0.717) is 30.1 Å². The first kappa shape index (κ1) is 14.6. The van der Waals surface area contributed by atoms with Crippen molar-refractivity contribution in [3.63, 3.8) is 0 Å². The summed E-state index contributed by atoms with van der Waals surface area (Å²) in [6.07, 6.45) is 0.588. The number of rotatable bonds is 6. The minimum Gasteiger partial charge on any atom is -0.495 e. The normalized spacial score (nSPS) is 11.3. The highest BCUT2D eigenvalue weighted by Crippen LogP contribution is 2.28. The van der Waals surface area contributed by atoms with Gasteiger partial charge in [0.2, 0.25) is 10.0 Å². The van der Waals surface area contributed by atoms with Crippen LogP contribution in [-0.2, 0) is 10.0 Å². The molecule has 0 aliphatic carbocycles. The third-order valence-electron chi connectivity index (χ3n) is 2.59. The zero-order chi connectivity index (χ0) is 13.8. The highest BCUT2D eigenvalue weighted by molar-refractivity contribution is 7.92. The lowest BCUT2D eigenvalue weighted by molar-refractivity contribution is 0.417. The van der Waals surface area contributed by atoms with Gasteiger partial charge in [-0.15, -0.1) is 0 Å². The Kier molecular flexibility index (Phi) is 4.84. The Bertz CT molecular complexity index is 500. The molecule has 2 N–H and O–H groups in total. The van der Waals surface area contributed by atoms with Crippen molar-refractivity contribution in [3.05, 3.63) is 18.2 Å². The van der Waals surface area contributed by atoms with E-state index >= 15 is 0 Å². The molecule has 0 spiro atoms. The molecule has 0 amide bonds. The fourth-order valence-electron chi connectivity index (χ4n) is 1.78. The van der Waals surface area contributed by atoms with Crippen LogP contribution in [0.4, 0.5) is 11.4 Å². The smallest absolute Gasteiger partial charge is 0.235 e. The second-order valence-electron chi connectivity index (χ2n) is 3.91. The van der Waals surface area contributed by atoms with Crippen LogP contribution in [0.1, 0.15) is 20.3 Å². The van der Waals surface area contributed by atoms with Gasteiger partial charge in [0, 0.05) is 6.54 Å². The quantitative estimate of drug-likeness (QED) is 0.802. The SMILES string of the molecule is CCCS(=O)(=O)N(CC)c1ccc(OC)c(N)c1. The maximum atomic E-state index is 12.1. The minimum atomic E-state index is -3.27. The van der Waals surface area contributed by atoms with E-state index in [9.17, 15) is 8.42 Å². The maximum Gasteiger partial charge on any atom is 0.235 e. The van der Waals surface area contributed by atoms with Gasteiger partial charge in [0.1, 0.15) is 5.75 Å². The Hall–Kier alpha value is -1.43. The summed E-state index contributed by atoms with van der Waals surface area (Å²) in [5, 5.41) is 0. The number of sulfonamides is 1. The summed E-state index contributed by atoms with van der Waals surface area (Å²) in [6.45, 7) is 4.02. The first-order valence-corrected chi connectivity index (χ1v) is 7.51. The Balaban J connectivity index is 3.14. The summed E-state index contributed by atoms with van der Waals surface area (Å²) in [5.74, 6) is 0.676. The van der Waals surface area contributed by atoms with Gasteiger partial charge in [0.25, 0.3) is 0 Å². The average Bonchev–Trinajstić information content (AvgIpc) is 2.29. The standard InChI is InChI=1S/C12H20N2O3S/c1-4-8-18(15,16)14(5-2)10-6-7-12(17-3)11(13)9-10/h6-7,9H,4-5,8,13H2,1-3H3. The largest absolute Gasteiger partial charge is 0.495 e. The highest BCUT2D eigenvalue weighted by atomic mass is 32.2. The number of anilines is 2. The van der Waals surface area contributed by atoms with Gasteiger partial charge in [-0.05, 0) is 31.5 Å². The number of nitrogen functional groups attached to an aromatic ring is 1. The van der Waals surface area contributed by atoms with E-state index in [1.54, 1.807) is 25.1 Å². The molecule has 102 valence electrons. The van der Waals surface area contributed by atoms with Crippen LogP contribution in [0, 0.1) is 0 Å². The van der Waals surface area contributed by atoms with E-state index in [-0.39, 0.29) is 5.75 Å². The van der Waals surface area contributed by atoms with Crippen molar-refractivity contribution in [2.45, 2.75) is 20.3 Å². The predicted octanol–water partition coefficient (Wildman–Crippen LogP) is 1.84. The van der Waals surface area contributed by atoms with Gasteiger partial charge < -0.3 is 10.5 Å². The molecule has 0 heterocycles. The summed E-state index contributed by atoms with van der Waals surface area (Å²) in [4.78, 5) is 0. The summed E-state index contributed by atoms with van der Waals surface area (Å²) in [6, 6.07) is 5.00. The molecule has 0 saturated carbocycles. The molecule has 0 aromatic heterocycles. The highest BCUT2D eigenvalue weighted by Gasteiger charge is 2.20. The zero-order valence-corrected chi connectivity index (χ0v) is 11.8. The second-order valence-corrected chi connectivity index (χ2v) is 5.92. The summed E-state index contributed by atoms with van der Waals surface area (Å²) in [7, 11) is -1.75. The fourth-order valence-corrected chi connectivity index (χ4v) is 3.35. The van der Waals surface area contributed by atoms with Crippen LogP contribution < -0.4 is 14.8 Å². The van der Waals surface area contributed by atoms with Crippen LogP contribution in [0.3, 0.4) is 0 Å². The minimum absolute atomic E-state index is 0.132. The molecule has 1 aromatic carbocycles. The molecule has 1 aromatic rings. The van der Waals surface area contributed by atoms with Gasteiger partial charge in [-0.25, -0.2) is 8.42 Å². The first-order valence-electron chi connectivity index (χ1n) is 5.90. The Morgan fingerprint density at radius 3 is 2.44 bits per heavy atom. The average molecular weight is 272 g/mol. The van der Waals surface area contributed by atoms with E-state index in [0.717, 1.165) is 0 Å². The van der Waals surface area contributed by atoms with E-state index < -0.39 is 10.0 Å². The third-order valence-corrected chi connectivity index (χ3v) is 4.65. The van der Waals surface area contributed by atoms with Crippen molar-refractivity contribution in [1.29, 1.82) is 0 Å². The molecule has 18 heavy (non-hydrogen) atoms. The van der Waals surface area contributed by atoms with E-state index in [2.05, 4.69) is 0 Å².